The van der Waals surface area contributed by atoms with Crippen LogP contribution in [0.15, 0.2) is 6.20 Å². The molecule has 0 spiro atoms. The van der Waals surface area contributed by atoms with Crippen LogP contribution in [-0.4, -0.2) is 53.4 Å². The summed E-state index contributed by atoms with van der Waals surface area (Å²) in [4.78, 5) is 14.3. The zero-order valence-electron chi connectivity index (χ0n) is 13.1. The van der Waals surface area contributed by atoms with Gasteiger partial charge in [-0.1, -0.05) is 0 Å². The normalized spacial score (nSPS) is 15.5. The van der Waals surface area contributed by atoms with Crippen molar-refractivity contribution in [1.82, 2.24) is 20.0 Å². The fourth-order valence-electron chi connectivity index (χ4n) is 2.69. The molecule has 118 valence electrons. The summed E-state index contributed by atoms with van der Waals surface area (Å²) in [7, 11) is 1.85. The zero-order chi connectivity index (χ0) is 15.1. The number of aryl methyl sites for hydroxylation is 1. The van der Waals surface area contributed by atoms with Gasteiger partial charge in [-0.05, 0) is 52.4 Å². The number of likely N-dealkylation sites (tertiary alicyclic amines) is 1. The minimum Gasteiger partial charge on any atom is -0.462 e. The molecule has 0 atom stereocenters. The van der Waals surface area contributed by atoms with Crippen LogP contribution in [0.4, 0.5) is 0 Å². The van der Waals surface area contributed by atoms with E-state index in [1.165, 1.54) is 25.9 Å². The average Bonchev–Trinajstić information content (AvgIpc) is 3.09. The summed E-state index contributed by atoms with van der Waals surface area (Å²) in [5.74, 6) is -0.292. The van der Waals surface area contributed by atoms with E-state index in [0.717, 1.165) is 25.2 Å². The Hall–Kier alpha value is -1.40. The monoisotopic (exact) mass is 294 g/mol. The number of ether oxygens (including phenoxy) is 1. The molecule has 0 aromatic carbocycles. The summed E-state index contributed by atoms with van der Waals surface area (Å²) >= 11 is 0. The largest absolute Gasteiger partial charge is 0.462 e. The van der Waals surface area contributed by atoms with E-state index in [1.54, 1.807) is 10.9 Å². The number of carbonyl (C=O) groups is 1. The Morgan fingerprint density at radius 3 is 2.90 bits per heavy atom. The van der Waals surface area contributed by atoms with Gasteiger partial charge in [-0.25, -0.2) is 4.79 Å². The molecule has 1 aliphatic heterocycles. The molecule has 2 rings (SSSR count). The van der Waals surface area contributed by atoms with Gasteiger partial charge in [-0.2, -0.15) is 5.10 Å². The van der Waals surface area contributed by atoms with Crippen molar-refractivity contribution in [3.8, 4) is 0 Å². The molecule has 21 heavy (non-hydrogen) atoms. The van der Waals surface area contributed by atoms with Gasteiger partial charge in [0.05, 0.1) is 18.5 Å². The van der Waals surface area contributed by atoms with E-state index in [2.05, 4.69) is 15.3 Å². The molecular formula is C15H26N4O2. The maximum Gasteiger partial charge on any atom is 0.341 e. The average molecular weight is 294 g/mol. The molecule has 0 saturated carbocycles. The zero-order valence-corrected chi connectivity index (χ0v) is 13.1. The maximum absolute atomic E-state index is 11.8. The Morgan fingerprint density at radius 2 is 2.19 bits per heavy atom. The van der Waals surface area contributed by atoms with Gasteiger partial charge in [0.2, 0.25) is 0 Å². The molecule has 1 aliphatic rings. The number of carbonyl (C=O) groups excluding carboxylic acids is 1. The number of nitrogens with one attached hydrogen (secondary N) is 1. The first-order valence-corrected chi connectivity index (χ1v) is 7.83. The second-order valence-corrected chi connectivity index (χ2v) is 5.43. The second-order valence-electron chi connectivity index (χ2n) is 5.43. The van der Waals surface area contributed by atoms with Gasteiger partial charge in [-0.3, -0.25) is 4.68 Å². The quantitative estimate of drug-likeness (QED) is 0.576. The minimum atomic E-state index is -0.292. The van der Waals surface area contributed by atoms with Crippen LogP contribution in [0, 0.1) is 0 Å². The molecule has 1 saturated heterocycles. The first-order valence-electron chi connectivity index (χ1n) is 7.83. The van der Waals surface area contributed by atoms with E-state index >= 15 is 0 Å². The Balaban J connectivity index is 1.74. The van der Waals surface area contributed by atoms with Crippen LogP contribution in [0.1, 0.15) is 42.2 Å². The predicted octanol–water partition coefficient (Wildman–Crippen LogP) is 1.17. The fraction of sp³-hybridized carbons (Fsp3) is 0.733. The van der Waals surface area contributed by atoms with Gasteiger partial charge in [0.25, 0.3) is 0 Å². The number of rotatable bonds is 8. The third-order valence-electron chi connectivity index (χ3n) is 3.88. The number of hydrogen-bond donors (Lipinski definition) is 1. The van der Waals surface area contributed by atoms with Gasteiger partial charge in [-0.15, -0.1) is 0 Å². The van der Waals surface area contributed by atoms with E-state index < -0.39 is 0 Å². The van der Waals surface area contributed by atoms with E-state index in [0.29, 0.717) is 18.7 Å². The molecule has 1 fully saturated rings. The lowest BCUT2D eigenvalue weighted by molar-refractivity contribution is 0.0524. The molecular weight excluding hydrogens is 268 g/mol. The van der Waals surface area contributed by atoms with Crippen molar-refractivity contribution in [3.63, 3.8) is 0 Å². The summed E-state index contributed by atoms with van der Waals surface area (Å²) < 4.78 is 6.79. The van der Waals surface area contributed by atoms with Crippen molar-refractivity contribution in [2.24, 2.45) is 7.05 Å². The summed E-state index contributed by atoms with van der Waals surface area (Å²) in [6.07, 6.45) is 5.39. The Kier molecular flexibility index (Phi) is 6.20. The third kappa shape index (κ3) is 4.54. The highest BCUT2D eigenvalue weighted by Crippen LogP contribution is 2.10. The van der Waals surface area contributed by atoms with E-state index in [-0.39, 0.29) is 5.97 Å². The predicted molar refractivity (Wildman–Crippen MR) is 81.2 cm³/mol. The lowest BCUT2D eigenvalue weighted by Crippen LogP contribution is -2.25. The number of nitrogens with zero attached hydrogens (tertiary/aromatic N) is 3. The molecule has 0 unspecified atom stereocenters. The van der Waals surface area contributed by atoms with Crippen LogP contribution in [0.25, 0.3) is 0 Å². The molecule has 0 amide bonds. The first kappa shape index (κ1) is 16.0. The molecule has 0 aliphatic carbocycles. The Labute approximate surface area is 126 Å². The van der Waals surface area contributed by atoms with Crippen molar-refractivity contribution in [1.29, 1.82) is 0 Å². The van der Waals surface area contributed by atoms with Crippen molar-refractivity contribution >= 4 is 5.97 Å². The molecule has 0 bridgehead atoms. The summed E-state index contributed by atoms with van der Waals surface area (Å²) in [5.41, 5.74) is 1.45. The minimum absolute atomic E-state index is 0.292. The summed E-state index contributed by atoms with van der Waals surface area (Å²) in [6, 6.07) is 0. The molecule has 1 aromatic heterocycles. The van der Waals surface area contributed by atoms with Gasteiger partial charge < -0.3 is 15.0 Å². The van der Waals surface area contributed by atoms with Gasteiger partial charge in [0, 0.05) is 13.6 Å². The van der Waals surface area contributed by atoms with E-state index in [1.807, 2.05) is 14.0 Å². The molecule has 1 N–H and O–H groups in total. The van der Waals surface area contributed by atoms with Crippen LogP contribution in [0.3, 0.4) is 0 Å². The Morgan fingerprint density at radius 1 is 1.43 bits per heavy atom. The van der Waals surface area contributed by atoms with Crippen molar-refractivity contribution in [2.75, 3.05) is 32.8 Å². The number of aromatic nitrogens is 2. The SMILES string of the molecule is CCOC(=O)c1cnn(C)c1CNCCCN1CCCC1. The van der Waals surface area contributed by atoms with Crippen LogP contribution in [0.5, 0.6) is 0 Å². The van der Waals surface area contributed by atoms with Gasteiger partial charge in [0.15, 0.2) is 0 Å². The van der Waals surface area contributed by atoms with Gasteiger partial charge in [0.1, 0.15) is 5.56 Å². The Bertz CT molecular complexity index is 453. The summed E-state index contributed by atoms with van der Waals surface area (Å²) in [5, 5.41) is 7.54. The van der Waals surface area contributed by atoms with Crippen LogP contribution in [-0.2, 0) is 18.3 Å². The van der Waals surface area contributed by atoms with Crippen LogP contribution >= 0.6 is 0 Å². The molecule has 6 heteroatoms. The fourth-order valence-corrected chi connectivity index (χ4v) is 2.69. The standard InChI is InChI=1S/C15H26N4O2/c1-3-21-15(20)13-11-17-18(2)14(13)12-16-7-6-10-19-8-4-5-9-19/h11,16H,3-10,12H2,1-2H3. The highest BCUT2D eigenvalue weighted by atomic mass is 16.5. The van der Waals surface area contributed by atoms with Crippen LogP contribution in [0.2, 0.25) is 0 Å². The first-order chi connectivity index (χ1) is 10.2. The van der Waals surface area contributed by atoms with Crippen molar-refractivity contribution in [3.05, 3.63) is 17.5 Å². The maximum atomic E-state index is 11.8. The third-order valence-corrected chi connectivity index (χ3v) is 3.88. The lowest BCUT2D eigenvalue weighted by Gasteiger charge is -2.14. The smallest absolute Gasteiger partial charge is 0.341 e. The molecule has 2 heterocycles. The highest BCUT2D eigenvalue weighted by Gasteiger charge is 2.16. The topological polar surface area (TPSA) is 59.4 Å². The van der Waals surface area contributed by atoms with Crippen LogP contribution < -0.4 is 5.32 Å². The number of hydrogen-bond acceptors (Lipinski definition) is 5. The van der Waals surface area contributed by atoms with E-state index in [9.17, 15) is 4.79 Å². The van der Waals surface area contributed by atoms with Crippen molar-refractivity contribution in [2.45, 2.75) is 32.7 Å². The molecule has 1 aromatic rings. The van der Waals surface area contributed by atoms with E-state index in [4.69, 9.17) is 4.74 Å². The number of esters is 1. The molecule has 0 radical (unpaired) electrons. The second kappa shape index (κ2) is 8.14. The highest BCUT2D eigenvalue weighted by molar-refractivity contribution is 5.90. The van der Waals surface area contributed by atoms with Crippen molar-refractivity contribution < 1.29 is 9.53 Å². The van der Waals surface area contributed by atoms with Gasteiger partial charge >= 0.3 is 5.97 Å². The molecule has 6 nitrogen and oxygen atoms in total. The summed E-state index contributed by atoms with van der Waals surface area (Å²) in [6.45, 7) is 7.43. The lowest BCUT2D eigenvalue weighted by atomic mass is 10.2.